The van der Waals surface area contributed by atoms with E-state index in [1.165, 1.54) is 7.05 Å². The van der Waals surface area contributed by atoms with Crippen molar-refractivity contribution in [1.82, 2.24) is 10.8 Å². The van der Waals surface area contributed by atoms with Crippen molar-refractivity contribution >= 4 is 11.8 Å². The summed E-state index contributed by atoms with van der Waals surface area (Å²) in [5.74, 6) is -5.91. The standard InChI is InChI=1S/C20H29F3N2O4/c1-18(2,3)15(16(26)24-4)14(12-8-11-13-9-6-5-7-10-13)19(28,17(27)25-29)20(21,22)23/h5-7,9-10,14-15,28-29H,8,11-12H2,1-4H3,(H,24,26)(H,25,27)/t14-,15-,19+/m1/s1. The van der Waals surface area contributed by atoms with Crippen molar-refractivity contribution < 1.29 is 33.1 Å². The molecule has 164 valence electrons. The predicted molar refractivity (Wildman–Crippen MR) is 101 cm³/mol. The zero-order valence-corrected chi connectivity index (χ0v) is 17.0. The lowest BCUT2D eigenvalue weighted by molar-refractivity contribution is -0.279. The second-order valence-electron chi connectivity index (χ2n) is 8.15. The van der Waals surface area contributed by atoms with Gasteiger partial charge in [0.2, 0.25) is 11.5 Å². The molecule has 29 heavy (non-hydrogen) atoms. The Morgan fingerprint density at radius 3 is 2.07 bits per heavy atom. The number of carbonyl (C=O) groups is 2. The van der Waals surface area contributed by atoms with Gasteiger partial charge in [0.05, 0.1) is 0 Å². The van der Waals surface area contributed by atoms with E-state index in [-0.39, 0.29) is 12.8 Å². The van der Waals surface area contributed by atoms with Crippen LogP contribution in [0.15, 0.2) is 30.3 Å². The zero-order chi connectivity index (χ0) is 22.5. The molecule has 0 aliphatic carbocycles. The minimum absolute atomic E-state index is 0.190. The molecule has 0 bridgehead atoms. The Hall–Kier alpha value is -2.13. The molecule has 1 aromatic carbocycles. The highest BCUT2D eigenvalue weighted by atomic mass is 19.4. The fourth-order valence-electron chi connectivity index (χ4n) is 3.72. The van der Waals surface area contributed by atoms with Gasteiger partial charge in [-0.05, 0) is 30.2 Å². The third-order valence-electron chi connectivity index (χ3n) is 5.10. The minimum Gasteiger partial charge on any atom is -0.372 e. The van der Waals surface area contributed by atoms with E-state index in [4.69, 9.17) is 5.21 Å². The zero-order valence-electron chi connectivity index (χ0n) is 17.0. The number of benzene rings is 1. The van der Waals surface area contributed by atoms with E-state index in [1.54, 1.807) is 32.9 Å². The van der Waals surface area contributed by atoms with E-state index in [1.807, 2.05) is 18.2 Å². The Morgan fingerprint density at radius 1 is 1.10 bits per heavy atom. The van der Waals surface area contributed by atoms with Gasteiger partial charge in [0, 0.05) is 18.9 Å². The van der Waals surface area contributed by atoms with Gasteiger partial charge in [-0.3, -0.25) is 14.8 Å². The molecule has 0 radical (unpaired) electrons. The Labute approximate surface area is 168 Å². The minimum atomic E-state index is -5.41. The van der Waals surface area contributed by atoms with Crippen LogP contribution in [0.1, 0.15) is 39.2 Å². The largest absolute Gasteiger partial charge is 0.426 e. The third kappa shape index (κ3) is 5.70. The topological polar surface area (TPSA) is 98.7 Å². The SMILES string of the molecule is CNC(=O)[C@@H]([C@@H](CCCc1ccccc1)[C@](O)(C(=O)NO)C(F)(F)F)C(C)(C)C. The first-order chi connectivity index (χ1) is 13.3. The molecule has 6 nitrogen and oxygen atoms in total. The highest BCUT2D eigenvalue weighted by Gasteiger charge is 2.66. The Kier molecular flexibility index (Phi) is 8.23. The quantitative estimate of drug-likeness (QED) is 0.385. The number of hydrogen-bond acceptors (Lipinski definition) is 4. The van der Waals surface area contributed by atoms with Crippen molar-refractivity contribution in [1.29, 1.82) is 0 Å². The number of halogens is 3. The van der Waals surface area contributed by atoms with Crippen LogP contribution in [0.5, 0.6) is 0 Å². The number of rotatable bonds is 8. The number of hydroxylamine groups is 1. The van der Waals surface area contributed by atoms with Crippen LogP contribution in [-0.2, 0) is 16.0 Å². The number of amides is 2. The average Bonchev–Trinajstić information content (AvgIpc) is 2.64. The lowest BCUT2D eigenvalue weighted by Crippen LogP contribution is -2.65. The lowest BCUT2D eigenvalue weighted by Gasteiger charge is -2.43. The van der Waals surface area contributed by atoms with Crippen LogP contribution in [0.3, 0.4) is 0 Å². The molecule has 1 aromatic rings. The second kappa shape index (κ2) is 9.58. The first kappa shape index (κ1) is 24.9. The molecule has 0 aromatic heterocycles. The molecular weight excluding hydrogens is 389 g/mol. The van der Waals surface area contributed by atoms with Gasteiger partial charge in [-0.25, -0.2) is 5.48 Å². The Bertz CT molecular complexity index is 689. The average molecular weight is 418 g/mol. The first-order valence-electron chi connectivity index (χ1n) is 9.29. The molecule has 0 heterocycles. The van der Waals surface area contributed by atoms with Crippen LogP contribution in [-0.4, -0.2) is 41.0 Å². The van der Waals surface area contributed by atoms with Gasteiger partial charge in [0.1, 0.15) is 0 Å². The maximum atomic E-state index is 13.9. The highest BCUT2D eigenvalue weighted by Crippen LogP contribution is 2.47. The van der Waals surface area contributed by atoms with E-state index in [0.717, 1.165) is 11.0 Å². The Morgan fingerprint density at radius 2 is 1.66 bits per heavy atom. The van der Waals surface area contributed by atoms with E-state index in [2.05, 4.69) is 5.32 Å². The lowest BCUT2D eigenvalue weighted by atomic mass is 9.64. The summed E-state index contributed by atoms with van der Waals surface area (Å²) in [5.41, 5.74) is -3.15. The summed E-state index contributed by atoms with van der Waals surface area (Å²) in [6.07, 6.45) is -5.09. The van der Waals surface area contributed by atoms with E-state index in [9.17, 15) is 27.9 Å². The molecule has 3 atom stereocenters. The number of carbonyl (C=O) groups excluding carboxylic acids is 2. The van der Waals surface area contributed by atoms with Gasteiger partial charge < -0.3 is 10.4 Å². The molecule has 0 fully saturated rings. The van der Waals surface area contributed by atoms with Crippen LogP contribution in [0, 0.1) is 17.3 Å². The number of nitrogens with one attached hydrogen (secondary N) is 2. The predicted octanol–water partition coefficient (Wildman–Crippen LogP) is 2.83. The maximum Gasteiger partial charge on any atom is 0.426 e. The maximum absolute atomic E-state index is 13.9. The van der Waals surface area contributed by atoms with Crippen LogP contribution in [0.25, 0.3) is 0 Å². The summed E-state index contributed by atoms with van der Waals surface area (Å²) in [6.45, 7) is 4.68. The van der Waals surface area contributed by atoms with Crippen molar-refractivity contribution in [2.75, 3.05) is 7.05 Å². The van der Waals surface area contributed by atoms with Crippen LogP contribution in [0.4, 0.5) is 13.2 Å². The number of hydrogen-bond donors (Lipinski definition) is 4. The second-order valence-corrected chi connectivity index (χ2v) is 8.15. The van der Waals surface area contributed by atoms with Crippen molar-refractivity contribution in [2.45, 2.75) is 51.8 Å². The smallest absolute Gasteiger partial charge is 0.372 e. The van der Waals surface area contributed by atoms with E-state index >= 15 is 0 Å². The van der Waals surface area contributed by atoms with Gasteiger partial charge >= 0.3 is 6.18 Å². The Balaban J connectivity index is 3.41. The molecule has 4 N–H and O–H groups in total. The summed E-state index contributed by atoms with van der Waals surface area (Å²) >= 11 is 0. The summed E-state index contributed by atoms with van der Waals surface area (Å²) < 4.78 is 41.7. The molecule has 0 aliphatic rings. The van der Waals surface area contributed by atoms with Crippen LogP contribution in [0.2, 0.25) is 0 Å². The van der Waals surface area contributed by atoms with E-state index < -0.39 is 40.8 Å². The third-order valence-corrected chi connectivity index (χ3v) is 5.10. The van der Waals surface area contributed by atoms with Crippen molar-refractivity contribution in [2.24, 2.45) is 17.3 Å². The summed E-state index contributed by atoms with van der Waals surface area (Å²) in [5, 5.41) is 21.8. The first-order valence-corrected chi connectivity index (χ1v) is 9.29. The molecule has 0 saturated heterocycles. The van der Waals surface area contributed by atoms with Crippen molar-refractivity contribution in [3.63, 3.8) is 0 Å². The molecule has 0 aliphatic heterocycles. The molecule has 2 amide bonds. The molecule has 0 saturated carbocycles. The van der Waals surface area contributed by atoms with Gasteiger partial charge in [0.15, 0.2) is 0 Å². The summed E-state index contributed by atoms with van der Waals surface area (Å²) in [4.78, 5) is 24.6. The summed E-state index contributed by atoms with van der Waals surface area (Å²) in [6, 6.07) is 9.01. The normalized spacial score (nSPS) is 16.4. The van der Waals surface area contributed by atoms with Crippen molar-refractivity contribution in [3.8, 4) is 0 Å². The molecule has 9 heteroatoms. The van der Waals surface area contributed by atoms with E-state index in [0.29, 0.717) is 6.42 Å². The number of aryl methyl sites for hydroxylation is 1. The molecule has 1 rings (SSSR count). The molecule has 0 spiro atoms. The highest BCUT2D eigenvalue weighted by molar-refractivity contribution is 5.87. The van der Waals surface area contributed by atoms with Gasteiger partial charge in [-0.15, -0.1) is 0 Å². The molecular formula is C20H29F3N2O4. The van der Waals surface area contributed by atoms with Crippen molar-refractivity contribution in [3.05, 3.63) is 35.9 Å². The summed E-state index contributed by atoms with van der Waals surface area (Å²) in [7, 11) is 1.28. The van der Waals surface area contributed by atoms with Crippen LogP contribution < -0.4 is 10.8 Å². The number of alkyl halides is 3. The fraction of sp³-hybridized carbons (Fsp3) is 0.600. The van der Waals surface area contributed by atoms with Crippen LogP contribution >= 0.6 is 0 Å². The molecule has 0 unspecified atom stereocenters. The van der Waals surface area contributed by atoms with Gasteiger partial charge in [0.25, 0.3) is 5.91 Å². The van der Waals surface area contributed by atoms with Gasteiger partial charge in [-0.2, -0.15) is 13.2 Å². The number of aliphatic hydroxyl groups is 1. The monoisotopic (exact) mass is 418 g/mol. The van der Waals surface area contributed by atoms with Gasteiger partial charge in [-0.1, -0.05) is 51.1 Å². The fourth-order valence-corrected chi connectivity index (χ4v) is 3.72.